The highest BCUT2D eigenvalue weighted by Gasteiger charge is 2.01. The van der Waals surface area contributed by atoms with Gasteiger partial charge in [-0.15, -0.1) is 0 Å². The monoisotopic (exact) mass is 278 g/mol. The van der Waals surface area contributed by atoms with E-state index in [-0.39, 0.29) is 5.75 Å². The summed E-state index contributed by atoms with van der Waals surface area (Å²) in [4.78, 5) is 4.05. The minimum atomic E-state index is 0.101. The Morgan fingerprint density at radius 1 is 1.21 bits per heavy atom. The Hall–Kier alpha value is -1.78. The summed E-state index contributed by atoms with van der Waals surface area (Å²) in [6, 6.07) is 8.99. The first-order valence-electron chi connectivity index (χ1n) is 5.86. The Morgan fingerprint density at radius 3 is 2.63 bits per heavy atom. The number of rotatable bonds is 5. The highest BCUT2D eigenvalue weighted by Crippen LogP contribution is 2.23. The minimum Gasteiger partial charge on any atom is -0.506 e. The Bertz CT molecular complexity index is 561. The van der Waals surface area contributed by atoms with E-state index in [2.05, 4.69) is 10.3 Å². The lowest BCUT2D eigenvalue weighted by atomic mass is 10.2. The SMILES string of the molecule is COc1cc(CNCc2ccc(O)c(Cl)c2)ccn1. The van der Waals surface area contributed by atoms with E-state index in [1.165, 1.54) is 0 Å². The van der Waals surface area contributed by atoms with Crippen molar-refractivity contribution in [2.24, 2.45) is 0 Å². The van der Waals surface area contributed by atoms with Crippen LogP contribution in [0.25, 0.3) is 0 Å². The van der Waals surface area contributed by atoms with Crippen LogP contribution in [0.1, 0.15) is 11.1 Å². The minimum absolute atomic E-state index is 0.101. The number of aromatic nitrogens is 1. The molecular weight excluding hydrogens is 264 g/mol. The molecule has 0 aliphatic rings. The lowest BCUT2D eigenvalue weighted by Gasteiger charge is -2.07. The molecular formula is C14H15ClN2O2. The molecule has 2 rings (SSSR count). The zero-order valence-electron chi connectivity index (χ0n) is 10.6. The molecule has 1 aromatic carbocycles. The summed E-state index contributed by atoms with van der Waals surface area (Å²) in [5.74, 6) is 0.705. The molecule has 0 saturated carbocycles. The molecule has 19 heavy (non-hydrogen) atoms. The van der Waals surface area contributed by atoms with Crippen LogP contribution in [-0.2, 0) is 13.1 Å². The van der Waals surface area contributed by atoms with E-state index < -0.39 is 0 Å². The number of methoxy groups -OCH3 is 1. The van der Waals surface area contributed by atoms with E-state index in [0.717, 1.165) is 11.1 Å². The number of pyridine rings is 1. The highest BCUT2D eigenvalue weighted by molar-refractivity contribution is 6.32. The van der Waals surface area contributed by atoms with E-state index in [4.69, 9.17) is 16.3 Å². The molecule has 1 heterocycles. The molecule has 0 spiro atoms. The lowest BCUT2D eigenvalue weighted by molar-refractivity contribution is 0.397. The average Bonchev–Trinajstić information content (AvgIpc) is 2.43. The van der Waals surface area contributed by atoms with Crippen molar-refractivity contribution in [3.8, 4) is 11.6 Å². The third kappa shape index (κ3) is 3.84. The van der Waals surface area contributed by atoms with Crippen molar-refractivity contribution in [2.45, 2.75) is 13.1 Å². The Morgan fingerprint density at radius 2 is 1.95 bits per heavy atom. The summed E-state index contributed by atoms with van der Waals surface area (Å²) in [5, 5.41) is 13.0. The first-order valence-corrected chi connectivity index (χ1v) is 6.24. The van der Waals surface area contributed by atoms with Crippen LogP contribution in [0, 0.1) is 0 Å². The fraction of sp³-hybridized carbons (Fsp3) is 0.214. The van der Waals surface area contributed by atoms with Crippen molar-refractivity contribution >= 4 is 11.6 Å². The van der Waals surface area contributed by atoms with E-state index in [1.54, 1.807) is 25.4 Å². The molecule has 0 unspecified atom stereocenters. The summed E-state index contributed by atoms with van der Waals surface area (Å²) in [6.45, 7) is 1.38. The highest BCUT2D eigenvalue weighted by atomic mass is 35.5. The van der Waals surface area contributed by atoms with Crippen LogP contribution in [0.15, 0.2) is 36.5 Å². The number of nitrogens with zero attached hydrogens (tertiary/aromatic N) is 1. The maximum absolute atomic E-state index is 9.33. The molecule has 0 radical (unpaired) electrons. The normalized spacial score (nSPS) is 10.4. The van der Waals surface area contributed by atoms with Gasteiger partial charge in [-0.3, -0.25) is 0 Å². The van der Waals surface area contributed by atoms with Crippen molar-refractivity contribution in [1.29, 1.82) is 0 Å². The standard InChI is InChI=1S/C14H15ClN2O2/c1-19-14-7-11(4-5-17-14)9-16-8-10-2-3-13(18)12(15)6-10/h2-7,16,18H,8-9H2,1H3. The molecule has 2 N–H and O–H groups in total. The molecule has 0 amide bonds. The second kappa shape index (κ2) is 6.41. The molecule has 1 aromatic heterocycles. The molecule has 4 nitrogen and oxygen atoms in total. The Balaban J connectivity index is 1.90. The number of hydrogen-bond donors (Lipinski definition) is 2. The number of ether oxygens (including phenoxy) is 1. The van der Waals surface area contributed by atoms with Crippen LogP contribution in [0.2, 0.25) is 5.02 Å². The van der Waals surface area contributed by atoms with Crippen molar-refractivity contribution in [2.75, 3.05) is 7.11 Å². The molecule has 0 atom stereocenters. The van der Waals surface area contributed by atoms with Gasteiger partial charge in [0.25, 0.3) is 0 Å². The maximum atomic E-state index is 9.33. The lowest BCUT2D eigenvalue weighted by Crippen LogP contribution is -2.12. The first kappa shape index (κ1) is 13.6. The summed E-state index contributed by atoms with van der Waals surface area (Å²) in [5.41, 5.74) is 2.11. The summed E-state index contributed by atoms with van der Waals surface area (Å²) in [6.07, 6.45) is 1.72. The molecule has 0 fully saturated rings. The van der Waals surface area contributed by atoms with Crippen LogP contribution >= 0.6 is 11.6 Å². The smallest absolute Gasteiger partial charge is 0.213 e. The van der Waals surface area contributed by atoms with Gasteiger partial charge < -0.3 is 15.2 Å². The number of nitrogens with one attached hydrogen (secondary N) is 1. The van der Waals surface area contributed by atoms with E-state index in [0.29, 0.717) is 24.0 Å². The number of hydrogen-bond acceptors (Lipinski definition) is 4. The van der Waals surface area contributed by atoms with E-state index >= 15 is 0 Å². The third-order valence-corrected chi connectivity index (χ3v) is 2.98. The van der Waals surface area contributed by atoms with Gasteiger partial charge in [0.2, 0.25) is 5.88 Å². The van der Waals surface area contributed by atoms with Gasteiger partial charge in [-0.05, 0) is 29.3 Å². The van der Waals surface area contributed by atoms with Gasteiger partial charge in [0.05, 0.1) is 12.1 Å². The molecule has 0 aliphatic carbocycles. The van der Waals surface area contributed by atoms with Gasteiger partial charge >= 0.3 is 0 Å². The van der Waals surface area contributed by atoms with Gasteiger partial charge in [0.15, 0.2) is 0 Å². The van der Waals surface area contributed by atoms with Gasteiger partial charge in [-0.1, -0.05) is 17.7 Å². The molecule has 100 valence electrons. The number of phenolic OH excluding ortho intramolecular Hbond substituents is 1. The van der Waals surface area contributed by atoms with Gasteiger partial charge in [-0.25, -0.2) is 4.98 Å². The summed E-state index contributed by atoms with van der Waals surface area (Å²) in [7, 11) is 1.60. The quantitative estimate of drug-likeness (QED) is 0.883. The number of benzene rings is 1. The Labute approximate surface area is 117 Å². The molecule has 2 aromatic rings. The number of halogens is 1. The maximum Gasteiger partial charge on any atom is 0.213 e. The zero-order valence-corrected chi connectivity index (χ0v) is 11.3. The van der Waals surface area contributed by atoms with Crippen LogP contribution in [0.5, 0.6) is 11.6 Å². The van der Waals surface area contributed by atoms with E-state index in [9.17, 15) is 5.11 Å². The van der Waals surface area contributed by atoms with Gasteiger partial charge in [0, 0.05) is 25.4 Å². The van der Waals surface area contributed by atoms with Crippen molar-refractivity contribution in [1.82, 2.24) is 10.3 Å². The van der Waals surface area contributed by atoms with Crippen molar-refractivity contribution in [3.05, 3.63) is 52.7 Å². The van der Waals surface area contributed by atoms with E-state index in [1.807, 2.05) is 18.2 Å². The van der Waals surface area contributed by atoms with Crippen LogP contribution in [-0.4, -0.2) is 17.2 Å². The summed E-state index contributed by atoms with van der Waals surface area (Å²) < 4.78 is 5.06. The predicted octanol–water partition coefficient (Wildman–Crippen LogP) is 2.74. The molecule has 0 aliphatic heterocycles. The molecule has 0 bridgehead atoms. The number of aromatic hydroxyl groups is 1. The second-order valence-electron chi connectivity index (χ2n) is 4.10. The molecule has 0 saturated heterocycles. The predicted molar refractivity (Wildman–Crippen MR) is 74.4 cm³/mol. The van der Waals surface area contributed by atoms with Crippen LogP contribution in [0.3, 0.4) is 0 Å². The van der Waals surface area contributed by atoms with Crippen molar-refractivity contribution in [3.63, 3.8) is 0 Å². The molecule has 5 heteroatoms. The zero-order chi connectivity index (χ0) is 13.7. The fourth-order valence-corrected chi connectivity index (χ4v) is 1.89. The van der Waals surface area contributed by atoms with Crippen LogP contribution < -0.4 is 10.1 Å². The third-order valence-electron chi connectivity index (χ3n) is 2.68. The van der Waals surface area contributed by atoms with Crippen molar-refractivity contribution < 1.29 is 9.84 Å². The largest absolute Gasteiger partial charge is 0.506 e. The Kier molecular flexibility index (Phi) is 4.60. The first-order chi connectivity index (χ1) is 9.19. The van der Waals surface area contributed by atoms with Gasteiger partial charge in [-0.2, -0.15) is 0 Å². The van der Waals surface area contributed by atoms with Crippen LogP contribution in [0.4, 0.5) is 0 Å². The second-order valence-corrected chi connectivity index (χ2v) is 4.50. The number of phenols is 1. The average molecular weight is 279 g/mol. The summed E-state index contributed by atoms with van der Waals surface area (Å²) >= 11 is 5.85. The topological polar surface area (TPSA) is 54.4 Å². The fourth-order valence-electron chi connectivity index (χ4n) is 1.68. The van der Waals surface area contributed by atoms with Gasteiger partial charge in [0.1, 0.15) is 5.75 Å².